The van der Waals surface area contributed by atoms with Gasteiger partial charge in [-0.2, -0.15) is 0 Å². The molecule has 4 N–H and O–H groups in total. The van der Waals surface area contributed by atoms with Crippen LogP contribution in [0.2, 0.25) is 0 Å². The predicted molar refractivity (Wildman–Crippen MR) is 181 cm³/mol. The molecule has 8 heteroatoms. The summed E-state index contributed by atoms with van der Waals surface area (Å²) in [5, 5.41) is 8.15. The van der Waals surface area contributed by atoms with Gasteiger partial charge in [-0.1, -0.05) is 97.1 Å². The summed E-state index contributed by atoms with van der Waals surface area (Å²) < 4.78 is 6.40. The van der Waals surface area contributed by atoms with Gasteiger partial charge in [-0.3, -0.25) is 14.4 Å². The number of likely N-dealkylation sites (tertiary alicyclic amines) is 1. The van der Waals surface area contributed by atoms with Crippen molar-refractivity contribution in [2.45, 2.75) is 69.9 Å². The van der Waals surface area contributed by atoms with Gasteiger partial charge in [0.1, 0.15) is 12.1 Å². The van der Waals surface area contributed by atoms with Gasteiger partial charge < -0.3 is 26.0 Å². The van der Waals surface area contributed by atoms with Crippen molar-refractivity contribution in [3.8, 4) is 0 Å². The quantitative estimate of drug-likeness (QED) is 0.192. The molecule has 4 aromatic rings. The van der Waals surface area contributed by atoms with Crippen LogP contribution in [0.4, 0.5) is 0 Å². The zero-order valence-electron chi connectivity index (χ0n) is 26.4. The van der Waals surface area contributed by atoms with Crippen LogP contribution < -0.4 is 16.4 Å². The lowest BCUT2D eigenvalue weighted by atomic mass is 10.0. The monoisotopic (exact) mass is 620 g/mol. The Kier molecular flexibility index (Phi) is 11.5. The van der Waals surface area contributed by atoms with E-state index < -0.39 is 18.0 Å². The molecule has 1 heterocycles. The van der Waals surface area contributed by atoms with Crippen LogP contribution in [-0.2, 0) is 38.6 Å². The average molecular weight is 621 g/mol. The number of benzene rings is 4. The molecule has 4 atom stereocenters. The molecule has 1 fully saturated rings. The fourth-order valence-electron chi connectivity index (χ4n) is 6.26. The molecular formula is C38H44N4O4. The number of nitrogens with zero attached hydrogens (tertiary/aromatic N) is 1. The number of hydrogen-bond acceptors (Lipinski definition) is 5. The van der Waals surface area contributed by atoms with Gasteiger partial charge in [0.2, 0.25) is 17.7 Å². The normalized spacial score (nSPS) is 17.4. The standard InChI is InChI=1S/C38H44N4O4/c1-27(43)40-35(22-28-11-4-2-5-12-28)37(44)41-36(23-29-13-6-3-7-14-29)38(45)42-25-34(24-33(42)17-10-20-39)46-26-30-18-19-31-15-8-9-16-32(31)21-30/h2-9,11-16,18-19,21,33-36H,10,17,20,22-26,39H2,1H3,(H,40,43)(H,41,44)/t33-,34+,35+,36+/m0/s1. The highest BCUT2D eigenvalue weighted by molar-refractivity contribution is 5.92. The molecule has 240 valence electrons. The summed E-state index contributed by atoms with van der Waals surface area (Å²) >= 11 is 0. The van der Waals surface area contributed by atoms with E-state index in [9.17, 15) is 14.4 Å². The van der Waals surface area contributed by atoms with Crippen LogP contribution in [0.5, 0.6) is 0 Å². The molecule has 46 heavy (non-hydrogen) atoms. The molecule has 1 saturated heterocycles. The summed E-state index contributed by atoms with van der Waals surface area (Å²) in [7, 11) is 0. The van der Waals surface area contributed by atoms with Crippen LogP contribution in [0.3, 0.4) is 0 Å². The molecule has 0 bridgehead atoms. The minimum absolute atomic E-state index is 0.0525. The first-order chi connectivity index (χ1) is 22.4. The molecule has 0 aromatic heterocycles. The van der Waals surface area contributed by atoms with E-state index in [0.29, 0.717) is 39.0 Å². The van der Waals surface area contributed by atoms with Crippen molar-refractivity contribution in [1.29, 1.82) is 0 Å². The Morgan fingerprint density at radius 3 is 2.09 bits per heavy atom. The van der Waals surface area contributed by atoms with E-state index in [-0.39, 0.29) is 24.0 Å². The van der Waals surface area contributed by atoms with Gasteiger partial charge in [0.25, 0.3) is 0 Å². The van der Waals surface area contributed by atoms with Gasteiger partial charge in [-0.15, -0.1) is 0 Å². The van der Waals surface area contributed by atoms with E-state index in [1.54, 1.807) is 0 Å². The van der Waals surface area contributed by atoms with E-state index in [2.05, 4.69) is 41.0 Å². The SMILES string of the molecule is CC(=O)N[C@H](Cc1ccccc1)C(=O)N[C@H](Cc1ccccc1)C(=O)N1C[C@H](OCc2ccc3ccccc3c2)C[C@@H]1CCCN. The van der Waals surface area contributed by atoms with Gasteiger partial charge in [-0.25, -0.2) is 0 Å². The summed E-state index contributed by atoms with van der Waals surface area (Å²) in [6, 6.07) is 32.1. The van der Waals surface area contributed by atoms with E-state index in [0.717, 1.165) is 34.9 Å². The van der Waals surface area contributed by atoms with Crippen molar-refractivity contribution in [3.05, 3.63) is 120 Å². The van der Waals surface area contributed by atoms with Crippen molar-refractivity contribution in [2.75, 3.05) is 13.1 Å². The zero-order chi connectivity index (χ0) is 32.3. The van der Waals surface area contributed by atoms with Crippen molar-refractivity contribution in [1.82, 2.24) is 15.5 Å². The number of rotatable bonds is 14. The Hall–Kier alpha value is -4.53. The number of ether oxygens (including phenoxy) is 1. The minimum atomic E-state index is -0.823. The number of carbonyl (C=O) groups is 3. The van der Waals surface area contributed by atoms with Crippen molar-refractivity contribution in [3.63, 3.8) is 0 Å². The maximum atomic E-state index is 14.4. The maximum absolute atomic E-state index is 14.4. The van der Waals surface area contributed by atoms with Crippen LogP contribution in [0.1, 0.15) is 42.9 Å². The molecular weight excluding hydrogens is 576 g/mol. The highest BCUT2D eigenvalue weighted by atomic mass is 16.5. The van der Waals surface area contributed by atoms with Gasteiger partial charge in [-0.05, 0) is 59.3 Å². The lowest BCUT2D eigenvalue weighted by Gasteiger charge is -2.30. The van der Waals surface area contributed by atoms with E-state index in [4.69, 9.17) is 10.5 Å². The summed E-state index contributed by atoms with van der Waals surface area (Å²) in [4.78, 5) is 42.1. The summed E-state index contributed by atoms with van der Waals surface area (Å²) in [6.45, 7) is 2.80. The Morgan fingerprint density at radius 2 is 1.43 bits per heavy atom. The third kappa shape index (κ3) is 9.02. The first-order valence-electron chi connectivity index (χ1n) is 16.1. The zero-order valence-corrected chi connectivity index (χ0v) is 26.4. The number of nitrogens with one attached hydrogen (secondary N) is 2. The lowest BCUT2D eigenvalue weighted by Crippen LogP contribution is -2.56. The third-order valence-electron chi connectivity index (χ3n) is 8.57. The second-order valence-corrected chi connectivity index (χ2v) is 12.1. The summed E-state index contributed by atoms with van der Waals surface area (Å²) in [5.74, 6) is -0.859. The molecule has 0 spiro atoms. The Balaban J connectivity index is 1.33. The molecule has 1 aliphatic rings. The fourth-order valence-corrected chi connectivity index (χ4v) is 6.26. The van der Waals surface area contributed by atoms with Crippen LogP contribution in [-0.4, -0.2) is 59.9 Å². The lowest BCUT2D eigenvalue weighted by molar-refractivity contribution is -0.138. The molecule has 0 radical (unpaired) electrons. The Labute approximate surface area is 271 Å². The number of carbonyl (C=O) groups excluding carboxylic acids is 3. The molecule has 5 rings (SSSR count). The fraction of sp³-hybridized carbons (Fsp3) is 0.342. The maximum Gasteiger partial charge on any atom is 0.245 e. The molecule has 4 aromatic carbocycles. The molecule has 3 amide bonds. The molecule has 0 saturated carbocycles. The van der Waals surface area contributed by atoms with Gasteiger partial charge in [0, 0.05) is 32.4 Å². The number of nitrogens with two attached hydrogens (primary N) is 1. The topological polar surface area (TPSA) is 114 Å². The third-order valence-corrected chi connectivity index (χ3v) is 8.57. The summed E-state index contributed by atoms with van der Waals surface area (Å²) in [5.41, 5.74) is 8.81. The number of hydrogen-bond donors (Lipinski definition) is 3. The van der Waals surface area contributed by atoms with Crippen LogP contribution in [0.15, 0.2) is 103 Å². The molecule has 1 aliphatic heterocycles. The average Bonchev–Trinajstić information content (AvgIpc) is 3.49. The van der Waals surface area contributed by atoms with Crippen LogP contribution in [0, 0.1) is 0 Å². The van der Waals surface area contributed by atoms with E-state index in [1.165, 1.54) is 12.3 Å². The van der Waals surface area contributed by atoms with Gasteiger partial charge in [0.05, 0.1) is 12.7 Å². The van der Waals surface area contributed by atoms with Crippen molar-refractivity contribution < 1.29 is 19.1 Å². The highest BCUT2D eigenvalue weighted by Gasteiger charge is 2.39. The van der Waals surface area contributed by atoms with Crippen LogP contribution >= 0.6 is 0 Å². The smallest absolute Gasteiger partial charge is 0.245 e. The van der Waals surface area contributed by atoms with Gasteiger partial charge in [0.15, 0.2) is 0 Å². The molecule has 8 nitrogen and oxygen atoms in total. The van der Waals surface area contributed by atoms with Crippen molar-refractivity contribution in [2.24, 2.45) is 5.73 Å². The summed E-state index contributed by atoms with van der Waals surface area (Å²) in [6.07, 6.45) is 2.73. The molecule has 0 aliphatic carbocycles. The van der Waals surface area contributed by atoms with Crippen LogP contribution in [0.25, 0.3) is 10.8 Å². The minimum Gasteiger partial charge on any atom is -0.372 e. The Morgan fingerprint density at radius 1 is 0.804 bits per heavy atom. The highest BCUT2D eigenvalue weighted by Crippen LogP contribution is 2.27. The first kappa shape index (κ1) is 32.9. The molecule has 0 unspecified atom stereocenters. The van der Waals surface area contributed by atoms with E-state index >= 15 is 0 Å². The number of amides is 3. The van der Waals surface area contributed by atoms with Gasteiger partial charge >= 0.3 is 0 Å². The second-order valence-electron chi connectivity index (χ2n) is 12.1. The van der Waals surface area contributed by atoms with Crippen molar-refractivity contribution >= 4 is 28.5 Å². The first-order valence-corrected chi connectivity index (χ1v) is 16.1. The second kappa shape index (κ2) is 16.2. The van der Waals surface area contributed by atoms with E-state index in [1.807, 2.05) is 77.7 Å². The largest absolute Gasteiger partial charge is 0.372 e. The number of fused-ring (bicyclic) bond motifs is 1. The Bertz CT molecular complexity index is 1600. The predicted octanol–water partition coefficient (Wildman–Crippen LogP) is 4.54.